The normalized spacial score (nSPS) is 29.4. The number of hydrogen-bond acceptors (Lipinski definition) is 7. The van der Waals surface area contributed by atoms with E-state index < -0.39 is 37.3 Å². The van der Waals surface area contributed by atoms with Crippen molar-refractivity contribution in [2.24, 2.45) is 0 Å². The van der Waals surface area contributed by atoms with Gasteiger partial charge in [0.1, 0.15) is 30.2 Å². The van der Waals surface area contributed by atoms with E-state index in [9.17, 15) is 5.11 Å². The first kappa shape index (κ1) is 20.5. The van der Waals surface area contributed by atoms with Crippen molar-refractivity contribution >= 4 is 45.7 Å². The van der Waals surface area contributed by atoms with E-state index in [1.165, 1.54) is 12.3 Å². The van der Waals surface area contributed by atoms with Crippen LogP contribution in [0, 0.1) is 0 Å². The predicted molar refractivity (Wildman–Crippen MR) is 91.0 cm³/mol. The topological polar surface area (TPSA) is 146 Å². The van der Waals surface area contributed by atoms with Gasteiger partial charge in [0.25, 0.3) is 0 Å². The Balaban J connectivity index is 0.000000181. The number of benzene rings is 1. The van der Waals surface area contributed by atoms with E-state index in [0.29, 0.717) is 26.0 Å². The summed E-state index contributed by atoms with van der Waals surface area (Å²) in [6.07, 6.45) is -5.63. The van der Waals surface area contributed by atoms with Crippen LogP contribution in [0.3, 0.4) is 0 Å². The Kier molecular flexibility index (Phi) is 6.77. The van der Waals surface area contributed by atoms with Gasteiger partial charge in [0.2, 0.25) is 0 Å². The summed E-state index contributed by atoms with van der Waals surface area (Å²) < 4.78 is 4.58. The lowest BCUT2D eigenvalue weighted by Crippen LogP contribution is -2.58. The van der Waals surface area contributed by atoms with Crippen molar-refractivity contribution in [1.29, 1.82) is 0 Å². The fraction of sp³-hybridized carbons (Fsp3) is 0.429. The lowest BCUT2D eigenvalue weighted by molar-refractivity contribution is -0.286. The largest absolute Gasteiger partial charge is 0.506 e. The zero-order valence-electron chi connectivity index (χ0n) is 12.5. The molecule has 1 aromatic heterocycles. The van der Waals surface area contributed by atoms with Gasteiger partial charge in [-0.25, -0.2) is 0 Å². The van der Waals surface area contributed by atoms with Crippen LogP contribution >= 0.6 is 34.8 Å². The molecular weight excluding hydrogens is 401 g/mol. The van der Waals surface area contributed by atoms with Gasteiger partial charge >= 0.3 is 0 Å². The number of nitrogens with one attached hydrogen (secondary N) is 1. The zero-order valence-corrected chi connectivity index (χ0v) is 14.7. The summed E-state index contributed by atoms with van der Waals surface area (Å²) in [5, 5.41) is 55.6. The fourth-order valence-corrected chi connectivity index (χ4v) is 3.04. The maximum Gasteiger partial charge on any atom is 0.184 e. The van der Waals surface area contributed by atoms with Crippen LogP contribution in [0.4, 0.5) is 0 Å². The lowest BCUT2D eigenvalue weighted by atomic mass is 10.00. The molecule has 1 saturated heterocycles. The third-order valence-electron chi connectivity index (χ3n) is 3.65. The van der Waals surface area contributed by atoms with Gasteiger partial charge in [0, 0.05) is 6.20 Å². The average Bonchev–Trinajstić information content (AvgIpc) is 2.97. The van der Waals surface area contributed by atoms with Crippen LogP contribution in [0.1, 0.15) is 0 Å². The van der Waals surface area contributed by atoms with Gasteiger partial charge in [-0.1, -0.05) is 34.8 Å². The molecule has 0 unspecified atom stereocenters. The molecule has 0 saturated carbocycles. The number of fused-ring (bicyclic) bond motifs is 1. The highest BCUT2D eigenvalue weighted by Gasteiger charge is 2.42. The average molecular weight is 417 g/mol. The molecule has 0 bridgehead atoms. The molecule has 25 heavy (non-hydrogen) atoms. The van der Waals surface area contributed by atoms with E-state index in [2.05, 4.69) is 9.72 Å². The van der Waals surface area contributed by atoms with Crippen molar-refractivity contribution in [2.45, 2.75) is 30.7 Å². The van der Waals surface area contributed by atoms with Crippen molar-refractivity contribution in [3.8, 4) is 5.75 Å². The first-order valence-corrected chi connectivity index (χ1v) is 8.14. The van der Waals surface area contributed by atoms with Gasteiger partial charge in [0.15, 0.2) is 6.29 Å². The van der Waals surface area contributed by atoms with Crippen LogP contribution in [-0.2, 0) is 4.74 Å². The molecule has 1 aromatic carbocycles. The van der Waals surface area contributed by atoms with Gasteiger partial charge < -0.3 is 40.4 Å². The number of aromatic amines is 1. The lowest BCUT2D eigenvalue weighted by Gasteiger charge is -2.37. The van der Waals surface area contributed by atoms with E-state index in [0.717, 1.165) is 0 Å². The third kappa shape index (κ3) is 4.13. The first-order valence-electron chi connectivity index (χ1n) is 7.01. The number of aliphatic hydroxyl groups excluding tert-OH is 5. The molecule has 0 amide bonds. The minimum Gasteiger partial charge on any atom is -0.506 e. The molecule has 11 heteroatoms. The zero-order chi connectivity index (χ0) is 18.9. The standard InChI is InChI=1S/C8H4Cl3NO.C6H12O6/c9-3-1-4(10)7(11)8-6(3)5(13)2-12-8;7-1-2-3(8)4(9)5(10)6(11)12-2/h1-2,12-13H;2-11H,1H2/t;2-,3-,4+,5+,6+/m.1/s1. The van der Waals surface area contributed by atoms with Crippen molar-refractivity contribution < 1.29 is 35.4 Å². The maximum atomic E-state index is 9.39. The van der Waals surface area contributed by atoms with Crippen molar-refractivity contribution in [2.75, 3.05) is 6.61 Å². The number of aromatic nitrogens is 1. The highest BCUT2D eigenvalue weighted by Crippen LogP contribution is 2.39. The molecule has 5 atom stereocenters. The minimum atomic E-state index is -1.57. The fourth-order valence-electron chi connectivity index (χ4n) is 2.28. The number of aliphatic hydroxyl groups is 5. The summed E-state index contributed by atoms with van der Waals surface area (Å²) in [6, 6.07) is 1.50. The Morgan fingerprint density at radius 2 is 1.64 bits per heavy atom. The second kappa shape index (κ2) is 8.26. The molecule has 140 valence electrons. The number of aromatic hydroxyl groups is 1. The van der Waals surface area contributed by atoms with Gasteiger partial charge in [-0.3, -0.25) is 0 Å². The monoisotopic (exact) mass is 415 g/mol. The summed E-state index contributed by atoms with van der Waals surface area (Å²) in [6.45, 7) is -0.526. The Morgan fingerprint density at radius 3 is 2.24 bits per heavy atom. The molecular formula is C14H16Cl3NO7. The molecule has 0 aliphatic carbocycles. The number of halogens is 3. The molecule has 2 heterocycles. The Labute approximate surface area is 156 Å². The molecule has 0 radical (unpaired) electrons. The summed E-state index contributed by atoms with van der Waals surface area (Å²) in [5.74, 6) is 0.0681. The van der Waals surface area contributed by atoms with E-state index in [4.69, 9.17) is 60.3 Å². The van der Waals surface area contributed by atoms with Gasteiger partial charge in [0.05, 0.1) is 32.6 Å². The highest BCUT2D eigenvalue weighted by atomic mass is 35.5. The number of ether oxygens (including phenoxy) is 1. The van der Waals surface area contributed by atoms with Crippen molar-refractivity contribution in [1.82, 2.24) is 4.98 Å². The summed E-state index contributed by atoms with van der Waals surface area (Å²) >= 11 is 17.5. The minimum absolute atomic E-state index is 0.0681. The molecule has 0 spiro atoms. The number of rotatable bonds is 1. The molecule has 1 fully saturated rings. The molecule has 7 N–H and O–H groups in total. The number of hydrogen-bond donors (Lipinski definition) is 7. The molecule has 2 aromatic rings. The second-order valence-corrected chi connectivity index (χ2v) is 6.49. The van der Waals surface area contributed by atoms with Crippen LogP contribution < -0.4 is 0 Å². The van der Waals surface area contributed by atoms with E-state index in [1.807, 2.05) is 0 Å². The summed E-state index contributed by atoms with van der Waals surface area (Å²) in [7, 11) is 0. The van der Waals surface area contributed by atoms with Crippen LogP contribution in [0.25, 0.3) is 10.9 Å². The van der Waals surface area contributed by atoms with Gasteiger partial charge in [-0.15, -0.1) is 0 Å². The second-order valence-electron chi connectivity index (χ2n) is 5.30. The van der Waals surface area contributed by atoms with Gasteiger partial charge in [-0.2, -0.15) is 0 Å². The van der Waals surface area contributed by atoms with Crippen molar-refractivity contribution in [3.05, 3.63) is 27.3 Å². The summed E-state index contributed by atoms with van der Waals surface area (Å²) in [5.41, 5.74) is 0.552. The van der Waals surface area contributed by atoms with E-state index in [-0.39, 0.29) is 5.75 Å². The highest BCUT2D eigenvalue weighted by molar-refractivity contribution is 6.47. The third-order valence-corrected chi connectivity index (χ3v) is 4.73. The van der Waals surface area contributed by atoms with Crippen molar-refractivity contribution in [3.63, 3.8) is 0 Å². The Bertz CT molecular complexity index is 736. The van der Waals surface area contributed by atoms with E-state index in [1.54, 1.807) is 0 Å². The quantitative estimate of drug-likeness (QED) is 0.337. The Morgan fingerprint density at radius 1 is 1.00 bits per heavy atom. The maximum absolute atomic E-state index is 9.39. The summed E-state index contributed by atoms with van der Waals surface area (Å²) in [4.78, 5) is 2.79. The Hall–Kier alpha value is -0.810. The van der Waals surface area contributed by atoms with Crippen LogP contribution in [0.2, 0.25) is 15.1 Å². The number of H-pyrrole nitrogens is 1. The molecule has 3 rings (SSSR count). The predicted octanol–water partition coefficient (Wildman–Crippen LogP) is 0.612. The molecule has 1 aliphatic rings. The SMILES string of the molecule is OC[C@H]1O[C@H](O)[C@@H](O)[C@@H](O)[C@@H]1O.Oc1c[nH]c2c(Cl)c(Cl)cc(Cl)c12. The van der Waals surface area contributed by atoms with Crippen LogP contribution in [-0.4, -0.2) is 72.9 Å². The van der Waals surface area contributed by atoms with Crippen LogP contribution in [0.5, 0.6) is 5.75 Å². The van der Waals surface area contributed by atoms with E-state index >= 15 is 0 Å². The van der Waals surface area contributed by atoms with Crippen LogP contribution in [0.15, 0.2) is 12.3 Å². The smallest absolute Gasteiger partial charge is 0.184 e. The molecule has 1 aliphatic heterocycles. The van der Waals surface area contributed by atoms with Gasteiger partial charge in [-0.05, 0) is 6.07 Å². The molecule has 8 nitrogen and oxygen atoms in total. The first-order chi connectivity index (χ1) is 11.7.